The van der Waals surface area contributed by atoms with Crippen molar-refractivity contribution in [3.05, 3.63) is 190 Å². The van der Waals surface area contributed by atoms with Crippen molar-refractivity contribution in [2.24, 2.45) is 0 Å². The Balaban J connectivity index is 0.000000222. The van der Waals surface area contributed by atoms with Crippen molar-refractivity contribution >= 4 is 114 Å². The Labute approximate surface area is 804 Å². The quantitative estimate of drug-likeness (QED) is 0.0122. The molecule has 8 aromatic rings. The SMILES string of the molecule is C.CCCCCCOCCOCCOC(=O)/C(C#N)=C/c1ccc2cc(N3CCCCC3)ccc2c1.CCCOCCOCCOC(=O)/C(C#N)=C/c1ccc2cc(N3CCN(C)CC3)ccc2c1.CCCOCCOCCOC(=O)/C(C#N)=C/c1ccc2cc(N3CCOCC3)ccc2c1.CCCOCCOCCOC(=O)/C(C#N)=C/c1ccc2cc(NCCN3CCOCC3)ccc2c1. The molecule has 4 saturated heterocycles. The number of carbonyl (C=O) groups excluding carboxylic acids is 4. The molecule has 4 aliphatic heterocycles. The lowest BCUT2D eigenvalue weighted by Gasteiger charge is -2.34. The first-order chi connectivity index (χ1) is 66.2. The Kier molecular flexibility index (Phi) is 52.5. The molecule has 0 amide bonds. The van der Waals surface area contributed by atoms with Gasteiger partial charge in [0, 0.05) is 128 Å². The maximum atomic E-state index is 12.3. The van der Waals surface area contributed by atoms with E-state index in [1.54, 1.807) is 24.3 Å². The molecule has 4 heterocycles. The third kappa shape index (κ3) is 40.3. The number of likely N-dealkylation sites (N-methyl/N-ethyl adjacent to an activating group) is 1. The molecule has 8 aromatic carbocycles. The number of fused-ring (bicyclic) bond motifs is 4. The molecule has 1 N–H and O–H groups in total. The molecule has 0 saturated carbocycles. The molecule has 12 rings (SSSR count). The molecule has 4 aliphatic rings. The van der Waals surface area contributed by atoms with Crippen LogP contribution in [-0.4, -0.2) is 278 Å². The molecule has 136 heavy (non-hydrogen) atoms. The summed E-state index contributed by atoms with van der Waals surface area (Å²) in [7, 11) is 2.15. The number of hydrogen-bond donors (Lipinski definition) is 1. The first kappa shape index (κ1) is 110. The van der Waals surface area contributed by atoms with Crippen molar-refractivity contribution in [1.82, 2.24) is 9.80 Å². The van der Waals surface area contributed by atoms with E-state index in [1.807, 2.05) is 130 Å². The molecule has 0 radical (unpaired) electrons. The maximum absolute atomic E-state index is 12.3. The summed E-state index contributed by atoms with van der Waals surface area (Å²) in [6.45, 7) is 31.6. The lowest BCUT2D eigenvalue weighted by Crippen LogP contribution is -2.44. The molecule has 0 unspecified atom stereocenters. The van der Waals surface area contributed by atoms with Crippen LogP contribution in [0.2, 0.25) is 0 Å². The highest BCUT2D eigenvalue weighted by Crippen LogP contribution is 2.31. The zero-order valence-electron chi connectivity index (χ0n) is 79.6. The third-order valence-electron chi connectivity index (χ3n) is 22.4. The van der Waals surface area contributed by atoms with E-state index in [0.29, 0.717) is 72.7 Å². The molecule has 0 spiro atoms. The van der Waals surface area contributed by atoms with Gasteiger partial charge >= 0.3 is 23.9 Å². The number of benzene rings is 8. The molecule has 730 valence electrons. The van der Waals surface area contributed by atoms with E-state index in [9.17, 15) is 40.2 Å². The van der Waals surface area contributed by atoms with E-state index in [0.717, 1.165) is 208 Å². The molecular formula is C108H140N10O18. The number of anilines is 4. The van der Waals surface area contributed by atoms with Gasteiger partial charge in [0.15, 0.2) is 0 Å². The summed E-state index contributed by atoms with van der Waals surface area (Å²) in [6.07, 6.45) is 17.7. The monoisotopic (exact) mass is 1870 g/mol. The molecule has 0 atom stereocenters. The van der Waals surface area contributed by atoms with Crippen molar-refractivity contribution < 1.29 is 85.5 Å². The zero-order valence-corrected chi connectivity index (χ0v) is 79.6. The van der Waals surface area contributed by atoms with Gasteiger partial charge in [-0.15, -0.1) is 0 Å². The van der Waals surface area contributed by atoms with Crippen LogP contribution in [0.1, 0.15) is 122 Å². The molecule has 28 heteroatoms. The topological polar surface area (TPSA) is 321 Å². The number of ether oxygens (including phenoxy) is 14. The normalized spacial score (nSPS) is 14.4. The number of morpholine rings is 2. The fraction of sp³-hybridized carbons (Fsp3) is 0.481. The molecular weight excluding hydrogens is 1730 g/mol. The predicted octanol–water partition coefficient (Wildman–Crippen LogP) is 17.1. The summed E-state index contributed by atoms with van der Waals surface area (Å²) >= 11 is 0. The van der Waals surface area contributed by atoms with E-state index in [-0.39, 0.29) is 82.6 Å². The minimum atomic E-state index is -0.654. The lowest BCUT2D eigenvalue weighted by molar-refractivity contribution is -0.141. The van der Waals surface area contributed by atoms with Crippen LogP contribution in [0.25, 0.3) is 67.4 Å². The van der Waals surface area contributed by atoms with Crippen LogP contribution in [0.3, 0.4) is 0 Å². The van der Waals surface area contributed by atoms with Crippen LogP contribution >= 0.6 is 0 Å². The number of piperazine rings is 1. The van der Waals surface area contributed by atoms with Crippen molar-refractivity contribution in [3.63, 3.8) is 0 Å². The first-order valence-corrected chi connectivity index (χ1v) is 47.7. The Morgan fingerprint density at radius 2 is 0.625 bits per heavy atom. The highest BCUT2D eigenvalue weighted by molar-refractivity contribution is 6.02. The van der Waals surface area contributed by atoms with Crippen molar-refractivity contribution in [3.8, 4) is 24.3 Å². The third-order valence-corrected chi connectivity index (χ3v) is 22.4. The van der Waals surface area contributed by atoms with Gasteiger partial charge in [-0.25, -0.2) is 19.2 Å². The second-order valence-corrected chi connectivity index (χ2v) is 32.7. The van der Waals surface area contributed by atoms with Gasteiger partial charge in [0.05, 0.1) is 106 Å². The van der Waals surface area contributed by atoms with Gasteiger partial charge < -0.3 is 91.2 Å². The fourth-order valence-electron chi connectivity index (χ4n) is 14.9. The van der Waals surface area contributed by atoms with Gasteiger partial charge in [-0.2, -0.15) is 21.0 Å². The number of unbranched alkanes of at least 4 members (excludes halogenated alkanes) is 3. The minimum Gasteiger partial charge on any atom is -0.459 e. The number of esters is 4. The van der Waals surface area contributed by atoms with Gasteiger partial charge in [0.25, 0.3) is 0 Å². The van der Waals surface area contributed by atoms with E-state index >= 15 is 0 Å². The largest absolute Gasteiger partial charge is 0.459 e. The van der Waals surface area contributed by atoms with Gasteiger partial charge in [-0.3, -0.25) is 4.90 Å². The smallest absolute Gasteiger partial charge is 0.348 e. The highest BCUT2D eigenvalue weighted by atomic mass is 16.6. The average Bonchev–Trinajstić information content (AvgIpc) is 0.830. The molecule has 28 nitrogen and oxygen atoms in total. The number of nitriles is 4. The molecule has 4 fully saturated rings. The van der Waals surface area contributed by atoms with Crippen molar-refractivity contribution in [1.29, 1.82) is 21.0 Å². The number of nitrogens with zero attached hydrogens (tertiary/aromatic N) is 9. The molecule has 0 aromatic heterocycles. The summed E-state index contributed by atoms with van der Waals surface area (Å²) in [5, 5.41) is 49.8. The number of rotatable bonds is 50. The predicted molar refractivity (Wildman–Crippen MR) is 537 cm³/mol. The van der Waals surface area contributed by atoms with Crippen LogP contribution in [0, 0.1) is 45.3 Å². The standard InChI is InChI=1S/C29H38N2O4.C27H35N3O5.C26H33N3O4.C25H30N2O5.CH4/c1-2-3-4-8-15-33-16-17-34-18-19-35-29(32)27(23-30)21-24-9-10-26-22-28(12-11-25(26)20-24)31-13-6-5-7-14-31;1-2-11-32-14-15-34-16-17-35-27(31)25(21-28)19-22-3-4-24-20-26(6-5-23(24)18-22)29-7-8-30-9-12-33-13-10-30;1-3-12-31-13-14-32-15-16-33-26(30)24(20-27)18-21-4-5-23-19-25(7-6-22(23)17-21)29-10-8-28(2)9-11-29;1-2-9-29-12-13-31-14-15-32-25(28)23(19-26)17-20-3-4-22-18-24(6-5-21(22)16-20)27-7-10-30-11-8-27;/h9-12,20-22H,2-8,13-19H2,1H3;3-6,18-20,29H,2,7-17H2,1H3;4-7,17-19H,3,8-16H2,1-2H3;3-6,16-18H,2,7-15H2,1H3;1H4/b27-21+;25-19+;24-18+;23-17+;. The second-order valence-electron chi connectivity index (χ2n) is 32.7. The lowest BCUT2D eigenvalue weighted by atomic mass is 10.0. The molecule has 0 aliphatic carbocycles. The average molecular weight is 1870 g/mol. The van der Waals surface area contributed by atoms with Crippen molar-refractivity contribution in [2.75, 3.05) is 264 Å². The Morgan fingerprint density at radius 1 is 0.324 bits per heavy atom. The Morgan fingerprint density at radius 3 is 0.978 bits per heavy atom. The van der Waals surface area contributed by atoms with Gasteiger partial charge in [-0.1, -0.05) is 127 Å². The van der Waals surface area contributed by atoms with Crippen LogP contribution in [0.15, 0.2) is 168 Å². The number of piperidine rings is 1. The summed E-state index contributed by atoms with van der Waals surface area (Å²) in [5.74, 6) is -2.59. The van der Waals surface area contributed by atoms with E-state index in [2.05, 4.69) is 104 Å². The van der Waals surface area contributed by atoms with E-state index in [4.69, 9.17) is 66.3 Å². The minimum absolute atomic E-state index is 0. The summed E-state index contributed by atoms with van der Waals surface area (Å²) in [6, 6.07) is 56.7. The van der Waals surface area contributed by atoms with Crippen molar-refractivity contribution in [2.45, 2.75) is 99.3 Å². The van der Waals surface area contributed by atoms with Gasteiger partial charge in [-0.05, 0) is 214 Å². The van der Waals surface area contributed by atoms with Crippen LogP contribution < -0.4 is 20.0 Å². The van der Waals surface area contributed by atoms with Gasteiger partial charge in [0.2, 0.25) is 0 Å². The fourth-order valence-corrected chi connectivity index (χ4v) is 14.9. The van der Waals surface area contributed by atoms with Crippen LogP contribution in [-0.2, 0) is 85.5 Å². The van der Waals surface area contributed by atoms with Gasteiger partial charge in [0.1, 0.15) is 73.0 Å². The number of nitrogens with one attached hydrogen (secondary N) is 1. The first-order valence-electron chi connectivity index (χ1n) is 47.7. The van der Waals surface area contributed by atoms with Crippen LogP contribution in [0.4, 0.5) is 22.7 Å². The molecule has 0 bridgehead atoms. The summed E-state index contributed by atoms with van der Waals surface area (Å²) in [4.78, 5) is 60.9. The summed E-state index contributed by atoms with van der Waals surface area (Å²) in [5.41, 5.74) is 7.69. The summed E-state index contributed by atoms with van der Waals surface area (Å²) < 4.78 is 74.5. The van der Waals surface area contributed by atoms with E-state index < -0.39 is 23.9 Å². The number of carbonyl (C=O) groups is 4. The number of hydrogen-bond acceptors (Lipinski definition) is 28. The highest BCUT2D eigenvalue weighted by Gasteiger charge is 2.21. The second kappa shape index (κ2) is 65.1. The zero-order chi connectivity index (χ0) is 95.5. The van der Waals surface area contributed by atoms with Crippen LogP contribution in [0.5, 0.6) is 0 Å². The van der Waals surface area contributed by atoms with E-state index in [1.165, 1.54) is 55.6 Å². The maximum Gasteiger partial charge on any atom is 0.348 e. The Bertz CT molecular complexity index is 5260. The Hall–Kier alpha value is -11.7.